The number of anilines is 1. The normalized spacial score (nSPS) is 10.9. The van der Waals surface area contributed by atoms with Gasteiger partial charge in [-0.3, -0.25) is 0 Å². The molecule has 0 aliphatic rings. The molecule has 4 heteroatoms. The van der Waals surface area contributed by atoms with E-state index in [1.807, 2.05) is 17.5 Å². The zero-order chi connectivity index (χ0) is 13.9. The summed E-state index contributed by atoms with van der Waals surface area (Å²) in [6.07, 6.45) is 8.23. The molecule has 0 aliphatic heterocycles. The highest BCUT2D eigenvalue weighted by atomic mass is 32.1. The van der Waals surface area contributed by atoms with Crippen LogP contribution in [0.2, 0.25) is 0 Å². The molecule has 0 aromatic carbocycles. The fourth-order valence-electron chi connectivity index (χ4n) is 1.91. The Kier molecular flexibility index (Phi) is 8.84. The summed E-state index contributed by atoms with van der Waals surface area (Å²) in [7, 11) is 0. The highest BCUT2D eigenvalue weighted by Crippen LogP contribution is 2.23. The zero-order valence-corrected chi connectivity index (χ0v) is 13.6. The molecular formula is C15H29N3S. The van der Waals surface area contributed by atoms with Crippen molar-refractivity contribution in [3.63, 3.8) is 0 Å². The zero-order valence-electron chi connectivity index (χ0n) is 12.7. The number of nitrogens with zero attached hydrogens (tertiary/aromatic N) is 2. The third kappa shape index (κ3) is 6.39. The molecule has 0 spiro atoms. The van der Waals surface area contributed by atoms with Crippen molar-refractivity contribution in [1.82, 2.24) is 10.3 Å². The van der Waals surface area contributed by atoms with E-state index >= 15 is 0 Å². The van der Waals surface area contributed by atoms with E-state index in [1.54, 1.807) is 0 Å². The van der Waals surface area contributed by atoms with Gasteiger partial charge in [0.2, 0.25) is 0 Å². The SMILES string of the molecule is CCCCN(CCCC)c1ncc(CNCCC)s1. The van der Waals surface area contributed by atoms with Gasteiger partial charge in [0.25, 0.3) is 0 Å². The van der Waals surface area contributed by atoms with Crippen LogP contribution in [-0.4, -0.2) is 24.6 Å². The number of aromatic nitrogens is 1. The number of hydrogen-bond acceptors (Lipinski definition) is 4. The maximum absolute atomic E-state index is 4.61. The summed E-state index contributed by atoms with van der Waals surface area (Å²) in [6, 6.07) is 0. The van der Waals surface area contributed by atoms with Crippen molar-refractivity contribution in [3.05, 3.63) is 11.1 Å². The van der Waals surface area contributed by atoms with Crippen molar-refractivity contribution in [3.8, 4) is 0 Å². The maximum Gasteiger partial charge on any atom is 0.185 e. The average molecular weight is 283 g/mol. The van der Waals surface area contributed by atoms with Crippen LogP contribution in [0.25, 0.3) is 0 Å². The van der Waals surface area contributed by atoms with Gasteiger partial charge in [-0.25, -0.2) is 4.98 Å². The molecular weight excluding hydrogens is 254 g/mol. The number of rotatable bonds is 11. The quantitative estimate of drug-likeness (QED) is 0.621. The van der Waals surface area contributed by atoms with Crippen molar-refractivity contribution < 1.29 is 0 Å². The molecule has 1 heterocycles. The molecule has 1 aromatic heterocycles. The fourth-order valence-corrected chi connectivity index (χ4v) is 2.85. The van der Waals surface area contributed by atoms with E-state index in [1.165, 1.54) is 42.1 Å². The average Bonchev–Trinajstić information content (AvgIpc) is 2.88. The Morgan fingerprint density at radius 2 is 1.79 bits per heavy atom. The van der Waals surface area contributed by atoms with E-state index in [2.05, 4.69) is 36.0 Å². The number of hydrogen-bond donors (Lipinski definition) is 1. The summed E-state index contributed by atoms with van der Waals surface area (Å²) < 4.78 is 0. The lowest BCUT2D eigenvalue weighted by molar-refractivity contribution is 0.676. The number of nitrogens with one attached hydrogen (secondary N) is 1. The lowest BCUT2D eigenvalue weighted by Gasteiger charge is -2.21. The summed E-state index contributed by atoms with van der Waals surface area (Å²) in [4.78, 5) is 8.41. The van der Waals surface area contributed by atoms with Gasteiger partial charge in [-0.2, -0.15) is 0 Å². The predicted octanol–water partition coefficient (Wildman–Crippen LogP) is 4.05. The Balaban J connectivity index is 2.51. The molecule has 0 unspecified atom stereocenters. The topological polar surface area (TPSA) is 28.2 Å². The largest absolute Gasteiger partial charge is 0.348 e. The third-order valence-electron chi connectivity index (χ3n) is 3.10. The molecule has 0 radical (unpaired) electrons. The van der Waals surface area contributed by atoms with Gasteiger partial charge in [-0.1, -0.05) is 33.6 Å². The van der Waals surface area contributed by atoms with Crippen LogP contribution in [0.4, 0.5) is 5.13 Å². The van der Waals surface area contributed by atoms with E-state index in [-0.39, 0.29) is 0 Å². The molecule has 110 valence electrons. The summed E-state index contributed by atoms with van der Waals surface area (Å²) >= 11 is 1.84. The van der Waals surface area contributed by atoms with Gasteiger partial charge in [0.05, 0.1) is 0 Å². The van der Waals surface area contributed by atoms with Gasteiger partial charge in [-0.15, -0.1) is 11.3 Å². The van der Waals surface area contributed by atoms with Crippen molar-refractivity contribution >= 4 is 16.5 Å². The van der Waals surface area contributed by atoms with Gasteiger partial charge >= 0.3 is 0 Å². The summed E-state index contributed by atoms with van der Waals surface area (Å²) in [5.41, 5.74) is 0. The Morgan fingerprint density at radius 1 is 1.11 bits per heavy atom. The van der Waals surface area contributed by atoms with Crippen LogP contribution >= 0.6 is 11.3 Å². The molecule has 0 saturated heterocycles. The second kappa shape index (κ2) is 10.2. The van der Waals surface area contributed by atoms with Crippen LogP contribution in [0.1, 0.15) is 57.8 Å². The van der Waals surface area contributed by atoms with Gasteiger partial charge in [0, 0.05) is 30.7 Å². The molecule has 0 saturated carbocycles. The number of unbranched alkanes of at least 4 members (excludes halogenated alkanes) is 2. The second-order valence-corrected chi connectivity index (χ2v) is 6.07. The van der Waals surface area contributed by atoms with Crippen LogP contribution in [0, 0.1) is 0 Å². The van der Waals surface area contributed by atoms with Crippen LogP contribution in [0.5, 0.6) is 0 Å². The second-order valence-electron chi connectivity index (χ2n) is 4.98. The highest BCUT2D eigenvalue weighted by molar-refractivity contribution is 7.15. The van der Waals surface area contributed by atoms with E-state index < -0.39 is 0 Å². The molecule has 1 rings (SSSR count). The summed E-state index contributed by atoms with van der Waals surface area (Å²) in [6.45, 7) is 11.0. The first-order chi connectivity index (χ1) is 9.31. The van der Waals surface area contributed by atoms with Gasteiger partial charge in [0.15, 0.2) is 5.13 Å². The van der Waals surface area contributed by atoms with Gasteiger partial charge in [-0.05, 0) is 25.8 Å². The standard InChI is InChI=1S/C15H29N3S/c1-4-7-10-18(11-8-5-2)15-17-13-14(19-15)12-16-9-6-3/h13,16H,4-12H2,1-3H3. The van der Waals surface area contributed by atoms with Gasteiger partial charge in [0.1, 0.15) is 0 Å². The lowest BCUT2D eigenvalue weighted by Crippen LogP contribution is -2.25. The maximum atomic E-state index is 4.61. The molecule has 1 aromatic rings. The van der Waals surface area contributed by atoms with Crippen molar-refractivity contribution in [1.29, 1.82) is 0 Å². The van der Waals surface area contributed by atoms with Gasteiger partial charge < -0.3 is 10.2 Å². The fraction of sp³-hybridized carbons (Fsp3) is 0.800. The minimum atomic E-state index is 0.959. The minimum absolute atomic E-state index is 0.959. The van der Waals surface area contributed by atoms with Crippen molar-refractivity contribution in [2.75, 3.05) is 24.5 Å². The molecule has 3 nitrogen and oxygen atoms in total. The Labute approximate surface area is 122 Å². The lowest BCUT2D eigenvalue weighted by atomic mass is 10.3. The van der Waals surface area contributed by atoms with Crippen molar-refractivity contribution in [2.24, 2.45) is 0 Å². The van der Waals surface area contributed by atoms with E-state index in [9.17, 15) is 0 Å². The van der Waals surface area contributed by atoms with Crippen LogP contribution in [0.3, 0.4) is 0 Å². The molecule has 0 fully saturated rings. The summed E-state index contributed by atoms with van der Waals surface area (Å²) in [5, 5.41) is 4.65. The first kappa shape index (κ1) is 16.4. The van der Waals surface area contributed by atoms with Crippen LogP contribution in [0.15, 0.2) is 6.20 Å². The Morgan fingerprint density at radius 3 is 2.37 bits per heavy atom. The predicted molar refractivity (Wildman–Crippen MR) is 86.1 cm³/mol. The molecule has 0 aliphatic carbocycles. The first-order valence-corrected chi connectivity index (χ1v) is 8.53. The smallest absolute Gasteiger partial charge is 0.185 e. The molecule has 0 atom stereocenters. The molecule has 0 amide bonds. The monoisotopic (exact) mass is 283 g/mol. The van der Waals surface area contributed by atoms with Crippen molar-refractivity contribution in [2.45, 2.75) is 59.4 Å². The van der Waals surface area contributed by atoms with Crippen LogP contribution < -0.4 is 10.2 Å². The first-order valence-electron chi connectivity index (χ1n) is 7.72. The van der Waals surface area contributed by atoms with E-state index in [0.29, 0.717) is 0 Å². The minimum Gasteiger partial charge on any atom is -0.348 e. The molecule has 0 bridgehead atoms. The highest BCUT2D eigenvalue weighted by Gasteiger charge is 2.10. The number of thiazole rings is 1. The Hall–Kier alpha value is -0.610. The van der Waals surface area contributed by atoms with E-state index in [4.69, 9.17) is 0 Å². The molecule has 19 heavy (non-hydrogen) atoms. The molecule has 1 N–H and O–H groups in total. The third-order valence-corrected chi connectivity index (χ3v) is 4.16. The Bertz CT molecular complexity index is 317. The summed E-state index contributed by atoms with van der Waals surface area (Å²) in [5.74, 6) is 0. The van der Waals surface area contributed by atoms with E-state index in [0.717, 1.165) is 26.2 Å². The van der Waals surface area contributed by atoms with Crippen LogP contribution in [-0.2, 0) is 6.54 Å².